The highest BCUT2D eigenvalue weighted by Gasteiger charge is 2.37. The van der Waals surface area contributed by atoms with Crippen molar-refractivity contribution < 1.29 is 27.5 Å². The standard InChI is InChI=1S/C13H14F4N2O2/c14-9-5-7(6-10(18)11(9)13(15,16)17)4-8-2-1-3-19(8)12(20)21/h5-6,8H,1-4,18H2,(H,20,21). The highest BCUT2D eigenvalue weighted by molar-refractivity contribution is 5.66. The number of hydrogen-bond acceptors (Lipinski definition) is 2. The third-order valence-corrected chi connectivity index (χ3v) is 3.56. The molecule has 1 heterocycles. The molecule has 1 unspecified atom stereocenters. The summed E-state index contributed by atoms with van der Waals surface area (Å²) >= 11 is 0. The van der Waals surface area contributed by atoms with E-state index in [1.807, 2.05) is 0 Å². The molecule has 1 aliphatic heterocycles. The summed E-state index contributed by atoms with van der Waals surface area (Å²) in [5, 5.41) is 9.00. The number of likely N-dealkylation sites (tertiary alicyclic amines) is 1. The Morgan fingerprint density at radius 2 is 2.10 bits per heavy atom. The molecule has 1 aromatic rings. The maximum Gasteiger partial charge on any atom is 0.421 e. The van der Waals surface area contributed by atoms with E-state index < -0.39 is 29.3 Å². The molecule has 8 heteroatoms. The minimum atomic E-state index is -4.85. The lowest BCUT2D eigenvalue weighted by molar-refractivity contribution is -0.139. The lowest BCUT2D eigenvalue weighted by atomic mass is 10.0. The van der Waals surface area contributed by atoms with Crippen molar-refractivity contribution in [2.45, 2.75) is 31.5 Å². The summed E-state index contributed by atoms with van der Waals surface area (Å²) in [5.74, 6) is -1.43. The monoisotopic (exact) mass is 306 g/mol. The van der Waals surface area contributed by atoms with Crippen LogP contribution in [-0.4, -0.2) is 28.7 Å². The zero-order valence-corrected chi connectivity index (χ0v) is 11.0. The second-order valence-corrected chi connectivity index (χ2v) is 5.02. The molecule has 0 saturated carbocycles. The zero-order chi connectivity index (χ0) is 15.8. The molecule has 0 radical (unpaired) electrons. The SMILES string of the molecule is Nc1cc(CC2CCCN2C(=O)O)cc(F)c1C(F)(F)F. The van der Waals surface area contributed by atoms with Gasteiger partial charge in [0.25, 0.3) is 0 Å². The molecule has 21 heavy (non-hydrogen) atoms. The van der Waals surface area contributed by atoms with Crippen molar-refractivity contribution in [1.29, 1.82) is 0 Å². The van der Waals surface area contributed by atoms with E-state index in [0.29, 0.717) is 19.4 Å². The van der Waals surface area contributed by atoms with Gasteiger partial charge >= 0.3 is 12.3 Å². The highest BCUT2D eigenvalue weighted by Crippen LogP contribution is 2.36. The first-order valence-corrected chi connectivity index (χ1v) is 6.35. The van der Waals surface area contributed by atoms with Crippen molar-refractivity contribution in [3.63, 3.8) is 0 Å². The Hall–Kier alpha value is -1.99. The van der Waals surface area contributed by atoms with E-state index >= 15 is 0 Å². The van der Waals surface area contributed by atoms with Crippen LogP contribution in [0.2, 0.25) is 0 Å². The maximum absolute atomic E-state index is 13.6. The summed E-state index contributed by atoms with van der Waals surface area (Å²) in [7, 11) is 0. The van der Waals surface area contributed by atoms with Crippen LogP contribution in [0.15, 0.2) is 12.1 Å². The topological polar surface area (TPSA) is 66.6 Å². The summed E-state index contributed by atoms with van der Waals surface area (Å²) in [5.41, 5.74) is 3.39. The molecule has 1 aliphatic rings. The first-order valence-electron chi connectivity index (χ1n) is 6.35. The molecule has 4 nitrogen and oxygen atoms in total. The Kier molecular flexibility index (Phi) is 3.97. The minimum absolute atomic E-state index is 0.144. The number of nitrogens with two attached hydrogens (primary N) is 1. The highest BCUT2D eigenvalue weighted by atomic mass is 19.4. The number of benzene rings is 1. The minimum Gasteiger partial charge on any atom is -0.465 e. The summed E-state index contributed by atoms with van der Waals surface area (Å²) in [4.78, 5) is 12.2. The van der Waals surface area contributed by atoms with E-state index in [1.165, 1.54) is 4.90 Å². The van der Waals surface area contributed by atoms with E-state index in [1.54, 1.807) is 0 Å². The molecule has 2 rings (SSSR count). The predicted octanol–water partition coefficient (Wildman–Crippen LogP) is 3.11. The number of carboxylic acid groups (broad SMARTS) is 1. The van der Waals surface area contributed by atoms with Crippen molar-refractivity contribution in [3.8, 4) is 0 Å². The number of nitrogen functional groups attached to an aromatic ring is 1. The van der Waals surface area contributed by atoms with Gasteiger partial charge in [-0.15, -0.1) is 0 Å². The van der Waals surface area contributed by atoms with Crippen molar-refractivity contribution in [2.75, 3.05) is 12.3 Å². The van der Waals surface area contributed by atoms with Crippen molar-refractivity contribution in [1.82, 2.24) is 4.90 Å². The number of alkyl halides is 3. The van der Waals surface area contributed by atoms with Crippen LogP contribution < -0.4 is 5.73 Å². The quantitative estimate of drug-likeness (QED) is 0.651. The van der Waals surface area contributed by atoms with Crippen molar-refractivity contribution in [3.05, 3.63) is 29.1 Å². The van der Waals surface area contributed by atoms with Gasteiger partial charge < -0.3 is 15.7 Å². The largest absolute Gasteiger partial charge is 0.465 e. The normalized spacial score (nSPS) is 19.0. The number of amides is 1. The van der Waals surface area contributed by atoms with Crippen LogP contribution in [0.5, 0.6) is 0 Å². The Balaban J connectivity index is 2.25. The molecular weight excluding hydrogens is 292 g/mol. The molecule has 0 spiro atoms. The molecule has 1 aromatic carbocycles. The first kappa shape index (κ1) is 15.4. The summed E-state index contributed by atoms with van der Waals surface area (Å²) in [6.45, 7) is 0.374. The van der Waals surface area contributed by atoms with Crippen LogP contribution in [0.3, 0.4) is 0 Å². The number of halogens is 4. The zero-order valence-electron chi connectivity index (χ0n) is 11.0. The van der Waals surface area contributed by atoms with Crippen LogP contribution in [0.25, 0.3) is 0 Å². The van der Waals surface area contributed by atoms with Crippen LogP contribution in [0, 0.1) is 5.82 Å². The summed E-state index contributed by atoms with van der Waals surface area (Å²) < 4.78 is 51.4. The number of nitrogens with zero attached hydrogens (tertiary/aromatic N) is 1. The van der Waals surface area contributed by atoms with Crippen LogP contribution in [0.4, 0.5) is 28.0 Å². The van der Waals surface area contributed by atoms with Gasteiger partial charge in [-0.1, -0.05) is 0 Å². The third kappa shape index (κ3) is 3.20. The van der Waals surface area contributed by atoms with Gasteiger partial charge in [0.05, 0.1) is 0 Å². The van der Waals surface area contributed by atoms with Crippen LogP contribution in [-0.2, 0) is 12.6 Å². The van der Waals surface area contributed by atoms with Gasteiger partial charge in [0, 0.05) is 18.3 Å². The van der Waals surface area contributed by atoms with E-state index in [9.17, 15) is 22.4 Å². The molecule has 3 N–H and O–H groups in total. The Morgan fingerprint density at radius 3 is 2.62 bits per heavy atom. The second-order valence-electron chi connectivity index (χ2n) is 5.02. The molecule has 0 bridgehead atoms. The Labute approximate surface area is 118 Å². The average Bonchev–Trinajstić information content (AvgIpc) is 2.73. The van der Waals surface area contributed by atoms with Gasteiger partial charge in [-0.05, 0) is 37.0 Å². The predicted molar refractivity (Wildman–Crippen MR) is 67.3 cm³/mol. The fraction of sp³-hybridized carbons (Fsp3) is 0.462. The molecule has 1 atom stereocenters. The van der Waals surface area contributed by atoms with Gasteiger partial charge in [-0.3, -0.25) is 0 Å². The Bertz CT molecular complexity index is 537. The average molecular weight is 306 g/mol. The van der Waals surface area contributed by atoms with Gasteiger partial charge in [-0.2, -0.15) is 13.2 Å². The van der Waals surface area contributed by atoms with E-state index in [-0.39, 0.29) is 18.0 Å². The number of anilines is 1. The summed E-state index contributed by atoms with van der Waals surface area (Å²) in [6, 6.07) is 1.47. The van der Waals surface area contributed by atoms with Gasteiger partial charge in [0.2, 0.25) is 0 Å². The van der Waals surface area contributed by atoms with E-state index in [0.717, 1.165) is 12.1 Å². The van der Waals surface area contributed by atoms with Crippen LogP contribution >= 0.6 is 0 Å². The summed E-state index contributed by atoms with van der Waals surface area (Å²) in [6.07, 6.45) is -4.53. The van der Waals surface area contributed by atoms with Crippen molar-refractivity contribution in [2.24, 2.45) is 0 Å². The van der Waals surface area contributed by atoms with Crippen molar-refractivity contribution >= 4 is 11.8 Å². The molecule has 0 aromatic heterocycles. The fourth-order valence-electron chi connectivity index (χ4n) is 2.68. The molecule has 116 valence electrons. The van der Waals surface area contributed by atoms with E-state index in [4.69, 9.17) is 10.8 Å². The van der Waals surface area contributed by atoms with Gasteiger partial charge in [-0.25, -0.2) is 9.18 Å². The van der Waals surface area contributed by atoms with Gasteiger partial charge in [0.15, 0.2) is 0 Å². The molecule has 1 amide bonds. The van der Waals surface area contributed by atoms with E-state index in [2.05, 4.69) is 0 Å². The Morgan fingerprint density at radius 1 is 1.43 bits per heavy atom. The van der Waals surface area contributed by atoms with Gasteiger partial charge in [0.1, 0.15) is 11.4 Å². The maximum atomic E-state index is 13.6. The smallest absolute Gasteiger partial charge is 0.421 e. The molecule has 1 saturated heterocycles. The molecular formula is C13H14F4N2O2. The molecule has 1 fully saturated rings. The lowest BCUT2D eigenvalue weighted by Gasteiger charge is -2.22. The second kappa shape index (κ2) is 5.42. The first-order chi connectivity index (χ1) is 9.70. The number of rotatable bonds is 2. The fourth-order valence-corrected chi connectivity index (χ4v) is 2.68. The lowest BCUT2D eigenvalue weighted by Crippen LogP contribution is -2.35. The number of carbonyl (C=O) groups is 1. The number of hydrogen-bond donors (Lipinski definition) is 2. The van der Waals surface area contributed by atoms with Crippen LogP contribution in [0.1, 0.15) is 24.0 Å². The third-order valence-electron chi connectivity index (χ3n) is 3.56. The molecule has 0 aliphatic carbocycles.